The van der Waals surface area contributed by atoms with Gasteiger partial charge in [0.25, 0.3) is 0 Å². The van der Waals surface area contributed by atoms with Crippen LogP contribution in [0.5, 0.6) is 11.5 Å². The molecule has 0 aromatic heterocycles. The third-order valence-electron chi connectivity index (χ3n) is 2.05. The van der Waals surface area contributed by atoms with Gasteiger partial charge in [0.15, 0.2) is 12.4 Å². The minimum absolute atomic E-state index is 0.0991. The molecule has 0 radical (unpaired) electrons. The Hall–Kier alpha value is -1.56. The number of esters is 1. The van der Waals surface area contributed by atoms with Gasteiger partial charge in [-0.25, -0.2) is 4.79 Å². The number of rotatable bonds is 6. The lowest BCUT2D eigenvalue weighted by Crippen LogP contribution is -2.14. The lowest BCUT2D eigenvalue weighted by Gasteiger charge is -2.08. The molecule has 0 saturated carbocycles. The highest BCUT2D eigenvalue weighted by Gasteiger charge is 2.12. The Balaban J connectivity index is 2.73. The number of halogens is 1. The summed E-state index contributed by atoms with van der Waals surface area (Å²) in [5.74, 6) is -0.555. The molecule has 1 aromatic carbocycles. The summed E-state index contributed by atoms with van der Waals surface area (Å²) in [6.45, 7) is 1.75. The summed E-state index contributed by atoms with van der Waals surface area (Å²) in [7, 11) is 0. The normalized spacial score (nSPS) is 9.89. The first-order chi connectivity index (χ1) is 8.58. The summed E-state index contributed by atoms with van der Waals surface area (Å²) in [4.78, 5) is 22.6. The molecule has 0 bridgehead atoms. The van der Waals surface area contributed by atoms with E-state index in [0.717, 1.165) is 0 Å². The Kier molecular flexibility index (Phi) is 5.64. The second-order valence-corrected chi connectivity index (χ2v) is 3.89. The number of alkyl halides is 1. The van der Waals surface area contributed by atoms with Crippen LogP contribution >= 0.6 is 15.9 Å². The molecule has 98 valence electrons. The molecule has 18 heavy (non-hydrogen) atoms. The monoisotopic (exact) mass is 316 g/mol. The summed E-state index contributed by atoms with van der Waals surface area (Å²) in [6.07, 6.45) is 0. The van der Waals surface area contributed by atoms with Gasteiger partial charge in [0, 0.05) is 0 Å². The average Bonchev–Trinajstić information content (AvgIpc) is 2.37. The van der Waals surface area contributed by atoms with Crippen LogP contribution in [-0.4, -0.2) is 35.4 Å². The van der Waals surface area contributed by atoms with Crippen LogP contribution in [0.3, 0.4) is 0 Å². The number of phenols is 1. The maximum atomic E-state index is 11.5. The van der Waals surface area contributed by atoms with Crippen molar-refractivity contribution >= 4 is 27.7 Å². The maximum Gasteiger partial charge on any atom is 0.344 e. The lowest BCUT2D eigenvalue weighted by atomic mass is 10.1. The molecule has 0 atom stereocenters. The van der Waals surface area contributed by atoms with Crippen molar-refractivity contribution in [1.82, 2.24) is 0 Å². The summed E-state index contributed by atoms with van der Waals surface area (Å²) in [6, 6.07) is 4.20. The van der Waals surface area contributed by atoms with Crippen molar-refractivity contribution in [1.29, 1.82) is 0 Å². The molecule has 0 unspecified atom stereocenters. The Morgan fingerprint density at radius 1 is 1.39 bits per heavy atom. The second-order valence-electron chi connectivity index (χ2n) is 3.33. The number of benzene rings is 1. The average molecular weight is 317 g/mol. The first kappa shape index (κ1) is 14.5. The number of carbonyl (C=O) groups excluding carboxylic acids is 2. The van der Waals surface area contributed by atoms with Crippen molar-refractivity contribution in [3.63, 3.8) is 0 Å². The molecule has 5 nitrogen and oxygen atoms in total. The van der Waals surface area contributed by atoms with Gasteiger partial charge in [-0.2, -0.15) is 0 Å². The van der Waals surface area contributed by atoms with Gasteiger partial charge in [0.1, 0.15) is 11.5 Å². The van der Waals surface area contributed by atoms with Crippen LogP contribution < -0.4 is 4.74 Å². The van der Waals surface area contributed by atoms with Gasteiger partial charge >= 0.3 is 5.97 Å². The van der Waals surface area contributed by atoms with E-state index in [1.165, 1.54) is 18.2 Å². The Morgan fingerprint density at radius 3 is 2.72 bits per heavy atom. The minimum Gasteiger partial charge on any atom is -0.507 e. The van der Waals surface area contributed by atoms with Gasteiger partial charge in [-0.3, -0.25) is 4.79 Å². The van der Waals surface area contributed by atoms with Gasteiger partial charge in [0.05, 0.1) is 17.5 Å². The molecule has 1 aromatic rings. The number of ether oxygens (including phenoxy) is 2. The number of aromatic hydroxyl groups is 1. The molecule has 0 aliphatic rings. The van der Waals surface area contributed by atoms with Gasteiger partial charge in [-0.1, -0.05) is 15.9 Å². The highest BCUT2D eigenvalue weighted by molar-refractivity contribution is 9.09. The number of phenolic OH excluding ortho intramolecular Hbond substituents is 1. The molecule has 0 aliphatic carbocycles. The van der Waals surface area contributed by atoms with Gasteiger partial charge < -0.3 is 14.6 Å². The maximum absolute atomic E-state index is 11.5. The van der Waals surface area contributed by atoms with Crippen molar-refractivity contribution in [2.45, 2.75) is 6.92 Å². The molecule has 0 heterocycles. The van der Waals surface area contributed by atoms with E-state index in [-0.39, 0.29) is 35.6 Å². The number of hydrogen-bond acceptors (Lipinski definition) is 5. The van der Waals surface area contributed by atoms with E-state index in [4.69, 9.17) is 9.47 Å². The quantitative estimate of drug-likeness (QED) is 0.493. The molecule has 0 spiro atoms. The highest BCUT2D eigenvalue weighted by atomic mass is 79.9. The first-order valence-electron chi connectivity index (χ1n) is 5.29. The van der Waals surface area contributed by atoms with Crippen LogP contribution in [0.15, 0.2) is 18.2 Å². The number of carbonyl (C=O) groups is 2. The minimum atomic E-state index is -0.487. The third kappa shape index (κ3) is 4.03. The van der Waals surface area contributed by atoms with Crippen molar-refractivity contribution in [3.05, 3.63) is 23.8 Å². The zero-order valence-corrected chi connectivity index (χ0v) is 11.4. The van der Waals surface area contributed by atoms with Crippen molar-refractivity contribution in [3.8, 4) is 11.5 Å². The fraction of sp³-hybridized carbons (Fsp3) is 0.333. The zero-order chi connectivity index (χ0) is 13.5. The third-order valence-corrected chi connectivity index (χ3v) is 2.56. The first-order valence-corrected chi connectivity index (χ1v) is 6.41. The second kappa shape index (κ2) is 7.00. The standard InChI is InChI=1S/C12H13BrO5/c1-2-17-12(16)7-18-8-3-4-10(14)9(5-8)11(15)6-13/h3-5,14H,2,6-7H2,1H3. The van der Waals surface area contributed by atoms with Crippen LogP contribution in [-0.2, 0) is 9.53 Å². The summed E-state index contributed by atoms with van der Waals surface area (Å²) >= 11 is 3.02. The van der Waals surface area contributed by atoms with Crippen LogP contribution in [0.25, 0.3) is 0 Å². The van der Waals surface area contributed by atoms with Gasteiger partial charge in [0.2, 0.25) is 0 Å². The van der Waals surface area contributed by atoms with E-state index in [1.54, 1.807) is 6.92 Å². The number of hydrogen-bond donors (Lipinski definition) is 1. The molecular formula is C12H13BrO5. The van der Waals surface area contributed by atoms with Crippen molar-refractivity contribution in [2.75, 3.05) is 18.5 Å². The van der Waals surface area contributed by atoms with Gasteiger partial charge in [-0.05, 0) is 25.1 Å². The molecular weight excluding hydrogens is 304 g/mol. The largest absolute Gasteiger partial charge is 0.507 e. The highest BCUT2D eigenvalue weighted by Crippen LogP contribution is 2.24. The van der Waals surface area contributed by atoms with Crippen LogP contribution in [0.1, 0.15) is 17.3 Å². The van der Waals surface area contributed by atoms with E-state index in [9.17, 15) is 14.7 Å². The molecule has 0 fully saturated rings. The molecule has 1 N–H and O–H groups in total. The topological polar surface area (TPSA) is 72.8 Å². The van der Waals surface area contributed by atoms with E-state index >= 15 is 0 Å². The number of Topliss-reactive ketones (excluding diaryl/α,β-unsaturated/α-hetero) is 1. The molecule has 6 heteroatoms. The zero-order valence-electron chi connectivity index (χ0n) is 9.81. The summed E-state index contributed by atoms with van der Waals surface area (Å²) < 4.78 is 9.86. The van der Waals surface area contributed by atoms with E-state index in [1.807, 2.05) is 0 Å². The van der Waals surface area contributed by atoms with Gasteiger partial charge in [-0.15, -0.1) is 0 Å². The molecule has 1 rings (SSSR count). The fourth-order valence-corrected chi connectivity index (χ4v) is 1.55. The van der Waals surface area contributed by atoms with E-state index in [0.29, 0.717) is 5.75 Å². The van der Waals surface area contributed by atoms with Crippen LogP contribution in [0, 0.1) is 0 Å². The molecule has 0 saturated heterocycles. The Bertz CT molecular complexity index is 444. The van der Waals surface area contributed by atoms with E-state index < -0.39 is 5.97 Å². The fourth-order valence-electron chi connectivity index (χ4n) is 1.25. The smallest absolute Gasteiger partial charge is 0.344 e. The van der Waals surface area contributed by atoms with Crippen LogP contribution in [0.2, 0.25) is 0 Å². The Morgan fingerprint density at radius 2 is 2.11 bits per heavy atom. The SMILES string of the molecule is CCOC(=O)COc1ccc(O)c(C(=O)CBr)c1. The molecule has 0 aliphatic heterocycles. The number of ketones is 1. The van der Waals surface area contributed by atoms with Crippen LogP contribution in [0.4, 0.5) is 0 Å². The van der Waals surface area contributed by atoms with Crippen molar-refractivity contribution < 1.29 is 24.2 Å². The lowest BCUT2D eigenvalue weighted by molar-refractivity contribution is -0.145. The predicted molar refractivity (Wildman–Crippen MR) is 68.4 cm³/mol. The summed E-state index contributed by atoms with van der Waals surface area (Å²) in [5, 5.41) is 9.61. The Labute approximate surface area is 113 Å². The van der Waals surface area contributed by atoms with Crippen molar-refractivity contribution in [2.24, 2.45) is 0 Å². The summed E-state index contributed by atoms with van der Waals surface area (Å²) in [5.41, 5.74) is 0.147. The predicted octanol–water partition coefficient (Wildman–Crippen LogP) is 1.91. The molecule has 0 amide bonds. The van der Waals surface area contributed by atoms with E-state index in [2.05, 4.69) is 15.9 Å².